The third-order valence-corrected chi connectivity index (χ3v) is 4.54. The quantitative estimate of drug-likeness (QED) is 0.874. The Morgan fingerprint density at radius 1 is 1.32 bits per heavy atom. The van der Waals surface area contributed by atoms with Crippen molar-refractivity contribution in [3.63, 3.8) is 0 Å². The van der Waals surface area contributed by atoms with Gasteiger partial charge >= 0.3 is 0 Å². The lowest BCUT2D eigenvalue weighted by Crippen LogP contribution is -2.42. The number of halogens is 1. The maximum atomic E-state index is 13.4. The zero-order valence-electron chi connectivity index (χ0n) is 14.2. The number of nitrogens with one attached hydrogen (secondary N) is 1. The topological polar surface area (TPSA) is 65.5 Å². The van der Waals surface area contributed by atoms with Crippen LogP contribution in [0.25, 0.3) is 0 Å². The van der Waals surface area contributed by atoms with E-state index in [4.69, 9.17) is 0 Å². The van der Waals surface area contributed by atoms with Crippen molar-refractivity contribution >= 4 is 17.4 Å². The Hall–Kier alpha value is -2.47. The third-order valence-electron chi connectivity index (χ3n) is 4.54. The van der Waals surface area contributed by atoms with Gasteiger partial charge < -0.3 is 15.3 Å². The van der Waals surface area contributed by atoms with Crippen LogP contribution in [-0.4, -0.2) is 40.1 Å². The summed E-state index contributed by atoms with van der Waals surface area (Å²) in [6.45, 7) is 0.292. The van der Waals surface area contributed by atoms with Crippen molar-refractivity contribution in [1.82, 2.24) is 9.88 Å². The van der Waals surface area contributed by atoms with Crippen LogP contribution < -0.4 is 5.32 Å². The van der Waals surface area contributed by atoms with Crippen LogP contribution in [0.15, 0.2) is 42.6 Å². The van der Waals surface area contributed by atoms with Gasteiger partial charge in [-0.25, -0.2) is 9.37 Å². The molecule has 0 bridgehead atoms. The number of anilines is 2. The smallest absolute Gasteiger partial charge is 0.257 e. The normalized spacial score (nSPS) is 15.8. The minimum absolute atomic E-state index is 0.229. The van der Waals surface area contributed by atoms with Gasteiger partial charge in [0.05, 0.1) is 11.2 Å². The number of amides is 1. The zero-order chi connectivity index (χ0) is 17.9. The predicted molar refractivity (Wildman–Crippen MR) is 94.3 cm³/mol. The highest BCUT2D eigenvalue weighted by Gasteiger charge is 2.34. The molecule has 0 saturated heterocycles. The van der Waals surface area contributed by atoms with Crippen LogP contribution in [0.4, 0.5) is 15.9 Å². The number of likely N-dealkylation sites (N-methyl/N-ethyl adjacent to an activating group) is 1. The molecule has 5 nitrogen and oxygen atoms in total. The summed E-state index contributed by atoms with van der Waals surface area (Å²) in [4.78, 5) is 18.6. The maximum Gasteiger partial charge on any atom is 0.257 e. The molecule has 1 fully saturated rings. The number of benzene rings is 1. The fraction of sp³-hybridized carbons (Fsp3) is 0.368. The van der Waals surface area contributed by atoms with Crippen molar-refractivity contribution in [3.8, 4) is 0 Å². The van der Waals surface area contributed by atoms with Crippen LogP contribution in [0.3, 0.4) is 0 Å². The van der Waals surface area contributed by atoms with E-state index in [0.29, 0.717) is 36.5 Å². The summed E-state index contributed by atoms with van der Waals surface area (Å²) in [5, 5.41) is 13.5. The second-order valence-electron chi connectivity index (χ2n) is 6.63. The predicted octanol–water partition coefficient (Wildman–Crippen LogP) is 3.34. The summed E-state index contributed by atoms with van der Waals surface area (Å²) in [6, 6.07) is 9.34. The van der Waals surface area contributed by atoms with E-state index < -0.39 is 5.60 Å². The van der Waals surface area contributed by atoms with Crippen LogP contribution >= 0.6 is 0 Å². The number of aromatic nitrogens is 1. The molecule has 3 rings (SSSR count). The fourth-order valence-corrected chi connectivity index (χ4v) is 3.29. The molecule has 132 valence electrons. The molecule has 1 saturated carbocycles. The molecule has 1 aromatic carbocycles. The average molecular weight is 343 g/mol. The highest BCUT2D eigenvalue weighted by Crippen LogP contribution is 2.30. The molecule has 0 aliphatic heterocycles. The minimum Gasteiger partial charge on any atom is -0.388 e. The summed E-state index contributed by atoms with van der Waals surface area (Å²) in [5.41, 5.74) is 0.101. The lowest BCUT2D eigenvalue weighted by molar-refractivity contribution is 0.0157. The Kier molecular flexibility index (Phi) is 4.99. The highest BCUT2D eigenvalue weighted by molar-refractivity contribution is 5.99. The second kappa shape index (κ2) is 7.19. The first-order valence-electron chi connectivity index (χ1n) is 8.42. The Balaban J connectivity index is 1.78. The van der Waals surface area contributed by atoms with Crippen LogP contribution in [0, 0.1) is 5.82 Å². The molecule has 0 spiro atoms. The summed E-state index contributed by atoms with van der Waals surface area (Å²) >= 11 is 0. The third kappa shape index (κ3) is 4.14. The van der Waals surface area contributed by atoms with Gasteiger partial charge in [-0.2, -0.15) is 0 Å². The van der Waals surface area contributed by atoms with E-state index in [-0.39, 0.29) is 11.7 Å². The van der Waals surface area contributed by atoms with E-state index in [1.165, 1.54) is 17.0 Å². The van der Waals surface area contributed by atoms with Gasteiger partial charge in [0.2, 0.25) is 0 Å². The Bertz CT molecular complexity index is 760. The van der Waals surface area contributed by atoms with Gasteiger partial charge in [-0.1, -0.05) is 18.9 Å². The largest absolute Gasteiger partial charge is 0.388 e. The number of hydrogen-bond acceptors (Lipinski definition) is 4. The SMILES string of the molecule is CN(CC1(O)CCCC1)C(=O)c1cccnc1Nc1cccc(F)c1. The zero-order valence-corrected chi connectivity index (χ0v) is 14.2. The van der Waals surface area contributed by atoms with Crippen LogP contribution in [0.5, 0.6) is 0 Å². The molecule has 0 atom stereocenters. The molecule has 25 heavy (non-hydrogen) atoms. The minimum atomic E-state index is -0.803. The molecule has 1 aliphatic carbocycles. The maximum absolute atomic E-state index is 13.4. The molecule has 1 aromatic heterocycles. The second-order valence-corrected chi connectivity index (χ2v) is 6.63. The number of hydrogen-bond donors (Lipinski definition) is 2. The average Bonchev–Trinajstić information content (AvgIpc) is 3.01. The van der Waals surface area contributed by atoms with E-state index in [1.54, 1.807) is 37.5 Å². The van der Waals surface area contributed by atoms with Gasteiger partial charge in [-0.05, 0) is 43.2 Å². The van der Waals surface area contributed by atoms with Crippen molar-refractivity contribution in [1.29, 1.82) is 0 Å². The first kappa shape index (κ1) is 17.4. The Morgan fingerprint density at radius 3 is 2.80 bits per heavy atom. The molecular weight excluding hydrogens is 321 g/mol. The van der Waals surface area contributed by atoms with E-state index in [1.807, 2.05) is 0 Å². The van der Waals surface area contributed by atoms with Gasteiger partial charge in [0.1, 0.15) is 11.6 Å². The molecule has 2 N–H and O–H groups in total. The molecule has 1 heterocycles. The lowest BCUT2D eigenvalue weighted by Gasteiger charge is -2.29. The molecule has 1 aliphatic rings. The molecule has 6 heteroatoms. The molecule has 1 amide bonds. The summed E-state index contributed by atoms with van der Waals surface area (Å²) < 4.78 is 13.4. The molecule has 2 aromatic rings. The first-order chi connectivity index (χ1) is 12.0. The molecular formula is C19H22FN3O2. The number of carbonyl (C=O) groups is 1. The fourth-order valence-electron chi connectivity index (χ4n) is 3.29. The van der Waals surface area contributed by atoms with E-state index in [0.717, 1.165) is 12.8 Å². The first-order valence-corrected chi connectivity index (χ1v) is 8.42. The summed E-state index contributed by atoms with van der Waals surface area (Å²) in [5.74, 6) is -0.231. The van der Waals surface area contributed by atoms with E-state index in [2.05, 4.69) is 10.3 Å². The van der Waals surface area contributed by atoms with Crippen molar-refractivity contribution in [3.05, 3.63) is 54.0 Å². The van der Waals surface area contributed by atoms with Crippen LogP contribution in [-0.2, 0) is 0 Å². The van der Waals surface area contributed by atoms with E-state index >= 15 is 0 Å². The van der Waals surface area contributed by atoms with Crippen molar-refractivity contribution < 1.29 is 14.3 Å². The van der Waals surface area contributed by atoms with Gasteiger partial charge in [0.15, 0.2) is 0 Å². The number of pyridine rings is 1. The van der Waals surface area contributed by atoms with Gasteiger partial charge in [-0.3, -0.25) is 4.79 Å². The van der Waals surface area contributed by atoms with Crippen LogP contribution in [0.2, 0.25) is 0 Å². The summed E-state index contributed by atoms with van der Waals surface area (Å²) in [7, 11) is 1.68. The standard InChI is InChI=1S/C19H22FN3O2/c1-23(13-19(25)9-2-3-10-19)18(24)16-8-5-11-21-17(16)22-15-7-4-6-14(20)12-15/h4-8,11-12,25H,2-3,9-10,13H2,1H3,(H,21,22). The van der Waals surface area contributed by atoms with Gasteiger partial charge in [0.25, 0.3) is 5.91 Å². The Labute approximate surface area is 146 Å². The number of aliphatic hydroxyl groups is 1. The number of rotatable bonds is 5. The Morgan fingerprint density at radius 2 is 2.08 bits per heavy atom. The highest BCUT2D eigenvalue weighted by atomic mass is 19.1. The van der Waals surface area contributed by atoms with Crippen molar-refractivity contribution in [2.75, 3.05) is 18.9 Å². The summed E-state index contributed by atoms with van der Waals surface area (Å²) in [6.07, 6.45) is 4.97. The van der Waals surface area contributed by atoms with Gasteiger partial charge in [0, 0.05) is 25.5 Å². The van der Waals surface area contributed by atoms with Crippen molar-refractivity contribution in [2.24, 2.45) is 0 Å². The lowest BCUT2D eigenvalue weighted by atomic mass is 10.0. The number of nitrogens with zero attached hydrogens (tertiary/aromatic N) is 2. The van der Waals surface area contributed by atoms with Crippen molar-refractivity contribution in [2.45, 2.75) is 31.3 Å². The van der Waals surface area contributed by atoms with E-state index in [9.17, 15) is 14.3 Å². The monoisotopic (exact) mass is 343 g/mol. The molecule has 0 radical (unpaired) electrons. The number of carbonyl (C=O) groups excluding carboxylic acids is 1. The molecule has 0 unspecified atom stereocenters. The van der Waals surface area contributed by atoms with Gasteiger partial charge in [-0.15, -0.1) is 0 Å². The van der Waals surface area contributed by atoms with Crippen LogP contribution in [0.1, 0.15) is 36.0 Å².